The van der Waals surface area contributed by atoms with Gasteiger partial charge in [0.1, 0.15) is 12.4 Å². The fraction of sp³-hybridized carbons (Fsp3) is 0.435. The van der Waals surface area contributed by atoms with Crippen molar-refractivity contribution in [3.8, 4) is 0 Å². The zero-order valence-corrected chi connectivity index (χ0v) is 17.8. The summed E-state index contributed by atoms with van der Waals surface area (Å²) in [5.41, 5.74) is -0.168. The number of benzene rings is 1. The average Bonchev–Trinajstić information content (AvgIpc) is 3.24. The van der Waals surface area contributed by atoms with E-state index in [-0.39, 0.29) is 25.2 Å². The SMILES string of the molecule is COC(=O)C[C@H](CC(=O)[C@]1(C(C)C)CC(c2nccc3ccccc23)=NO1)C(=O)CF. The van der Waals surface area contributed by atoms with Crippen molar-refractivity contribution < 1.29 is 28.3 Å². The number of nitrogens with zero attached hydrogens (tertiary/aromatic N) is 2. The van der Waals surface area contributed by atoms with Gasteiger partial charge in [0.2, 0.25) is 5.60 Å². The zero-order chi connectivity index (χ0) is 22.6. The Morgan fingerprint density at radius 3 is 2.61 bits per heavy atom. The van der Waals surface area contributed by atoms with E-state index in [0.717, 1.165) is 10.8 Å². The van der Waals surface area contributed by atoms with Gasteiger partial charge >= 0.3 is 5.97 Å². The molecule has 164 valence electrons. The second-order valence-electron chi connectivity index (χ2n) is 7.94. The van der Waals surface area contributed by atoms with Crippen LogP contribution in [0.5, 0.6) is 0 Å². The molecule has 8 heteroatoms. The molecule has 0 amide bonds. The first kappa shape index (κ1) is 22.5. The number of rotatable bonds is 9. The van der Waals surface area contributed by atoms with Gasteiger partial charge in [-0.15, -0.1) is 0 Å². The topological polar surface area (TPSA) is 94.9 Å². The lowest BCUT2D eigenvalue weighted by molar-refractivity contribution is -0.151. The summed E-state index contributed by atoms with van der Waals surface area (Å²) in [5.74, 6) is -3.29. The highest BCUT2D eigenvalue weighted by molar-refractivity contribution is 6.12. The van der Waals surface area contributed by atoms with Gasteiger partial charge in [-0.2, -0.15) is 0 Å². The summed E-state index contributed by atoms with van der Waals surface area (Å²) in [6.07, 6.45) is 1.14. The minimum Gasteiger partial charge on any atom is -0.469 e. The van der Waals surface area contributed by atoms with E-state index in [0.29, 0.717) is 11.4 Å². The fourth-order valence-electron chi connectivity index (χ4n) is 3.80. The Morgan fingerprint density at radius 1 is 1.19 bits per heavy atom. The van der Waals surface area contributed by atoms with E-state index in [2.05, 4.69) is 14.9 Å². The van der Waals surface area contributed by atoms with Crippen LogP contribution in [0.3, 0.4) is 0 Å². The lowest BCUT2D eigenvalue weighted by Crippen LogP contribution is -2.45. The number of hydrogen-bond acceptors (Lipinski definition) is 7. The molecular formula is C23H25FN2O5. The van der Waals surface area contributed by atoms with Gasteiger partial charge in [0.05, 0.1) is 19.2 Å². The molecule has 1 aromatic carbocycles. The Hall–Kier alpha value is -3.16. The van der Waals surface area contributed by atoms with Crippen LogP contribution in [0.25, 0.3) is 10.8 Å². The second-order valence-corrected chi connectivity index (χ2v) is 7.94. The van der Waals surface area contributed by atoms with Crippen molar-refractivity contribution in [2.24, 2.45) is 17.0 Å². The Balaban J connectivity index is 1.87. The molecule has 1 aliphatic heterocycles. The highest BCUT2D eigenvalue weighted by Gasteiger charge is 2.50. The van der Waals surface area contributed by atoms with Crippen LogP contribution in [0.15, 0.2) is 41.7 Å². The minimum absolute atomic E-state index is 0.166. The molecule has 0 saturated heterocycles. The van der Waals surface area contributed by atoms with Gasteiger partial charge in [-0.05, 0) is 11.5 Å². The quantitative estimate of drug-likeness (QED) is 0.568. The van der Waals surface area contributed by atoms with Gasteiger partial charge < -0.3 is 9.57 Å². The van der Waals surface area contributed by atoms with Crippen molar-refractivity contribution in [1.29, 1.82) is 0 Å². The minimum atomic E-state index is -1.32. The number of esters is 1. The monoisotopic (exact) mass is 428 g/mol. The summed E-state index contributed by atoms with van der Waals surface area (Å²) in [4.78, 5) is 47.1. The van der Waals surface area contributed by atoms with Crippen LogP contribution in [0.1, 0.15) is 38.8 Å². The summed E-state index contributed by atoms with van der Waals surface area (Å²) in [6.45, 7) is 2.38. The van der Waals surface area contributed by atoms with E-state index in [9.17, 15) is 18.8 Å². The maximum Gasteiger partial charge on any atom is 0.306 e. The van der Waals surface area contributed by atoms with Gasteiger partial charge in [-0.3, -0.25) is 19.4 Å². The number of ketones is 2. The van der Waals surface area contributed by atoms with Crippen molar-refractivity contribution in [3.05, 3.63) is 42.2 Å². The molecule has 1 aliphatic rings. The van der Waals surface area contributed by atoms with E-state index in [1.54, 1.807) is 6.20 Å². The van der Waals surface area contributed by atoms with Crippen LogP contribution >= 0.6 is 0 Å². The number of halogens is 1. The predicted octanol–water partition coefficient (Wildman–Crippen LogP) is 3.43. The molecule has 31 heavy (non-hydrogen) atoms. The number of hydrogen-bond donors (Lipinski definition) is 0. The van der Waals surface area contributed by atoms with Crippen LogP contribution in [0.4, 0.5) is 4.39 Å². The number of fused-ring (bicyclic) bond motifs is 1. The van der Waals surface area contributed by atoms with E-state index < -0.39 is 35.7 Å². The van der Waals surface area contributed by atoms with Gasteiger partial charge in [-0.1, -0.05) is 43.3 Å². The van der Waals surface area contributed by atoms with E-state index in [1.807, 2.05) is 44.2 Å². The Labute approximate surface area is 179 Å². The highest BCUT2D eigenvalue weighted by atomic mass is 19.1. The van der Waals surface area contributed by atoms with Crippen LogP contribution in [-0.4, -0.2) is 47.6 Å². The van der Waals surface area contributed by atoms with Crippen LogP contribution in [-0.2, 0) is 24.0 Å². The second kappa shape index (κ2) is 9.32. The smallest absolute Gasteiger partial charge is 0.306 e. The van der Waals surface area contributed by atoms with Crippen molar-refractivity contribution >= 4 is 34.0 Å². The summed E-state index contributed by atoms with van der Waals surface area (Å²) < 4.78 is 17.6. The number of alkyl halides is 1. The summed E-state index contributed by atoms with van der Waals surface area (Å²) >= 11 is 0. The molecule has 0 saturated carbocycles. The molecule has 2 heterocycles. The first-order valence-corrected chi connectivity index (χ1v) is 10.1. The molecule has 0 spiro atoms. The van der Waals surface area contributed by atoms with Crippen molar-refractivity contribution in [1.82, 2.24) is 4.98 Å². The molecule has 0 radical (unpaired) electrons. The summed E-state index contributed by atoms with van der Waals surface area (Å²) in [6, 6.07) is 9.58. The summed E-state index contributed by atoms with van der Waals surface area (Å²) in [7, 11) is 1.17. The Bertz CT molecular complexity index is 1030. The fourth-order valence-corrected chi connectivity index (χ4v) is 3.80. The largest absolute Gasteiger partial charge is 0.469 e. The molecule has 1 aromatic heterocycles. The molecule has 0 bridgehead atoms. The molecular weight excluding hydrogens is 403 g/mol. The van der Waals surface area contributed by atoms with E-state index in [1.165, 1.54) is 7.11 Å². The number of oxime groups is 1. The van der Waals surface area contributed by atoms with Crippen molar-refractivity contribution in [2.45, 2.75) is 38.7 Å². The zero-order valence-electron chi connectivity index (χ0n) is 17.8. The van der Waals surface area contributed by atoms with Gasteiger partial charge in [-0.25, -0.2) is 4.39 Å². The number of carbonyl (C=O) groups excluding carboxylic acids is 3. The Morgan fingerprint density at radius 2 is 1.94 bits per heavy atom. The number of aromatic nitrogens is 1. The standard InChI is InChI=1S/C23H25FN2O5/c1-14(2)23(20(28)10-16(19(27)13-24)11-21(29)30-3)12-18(26-31-23)22-17-7-5-4-6-15(17)8-9-25-22/h4-9,14,16H,10-13H2,1-3H3/t16-,23+/m0/s1. The molecule has 0 unspecified atom stereocenters. The van der Waals surface area contributed by atoms with Gasteiger partial charge in [0.25, 0.3) is 0 Å². The van der Waals surface area contributed by atoms with Crippen molar-refractivity contribution in [2.75, 3.05) is 13.8 Å². The first-order valence-electron chi connectivity index (χ1n) is 10.1. The third-order valence-electron chi connectivity index (χ3n) is 5.76. The lowest BCUT2D eigenvalue weighted by atomic mass is 9.77. The molecule has 2 atom stereocenters. The molecule has 0 N–H and O–H groups in total. The lowest BCUT2D eigenvalue weighted by Gasteiger charge is -2.30. The average molecular weight is 428 g/mol. The van der Waals surface area contributed by atoms with Gasteiger partial charge in [0, 0.05) is 36.3 Å². The van der Waals surface area contributed by atoms with Crippen LogP contribution in [0.2, 0.25) is 0 Å². The molecule has 7 nitrogen and oxygen atoms in total. The molecule has 0 fully saturated rings. The van der Waals surface area contributed by atoms with Crippen LogP contribution < -0.4 is 0 Å². The number of methoxy groups -OCH3 is 1. The van der Waals surface area contributed by atoms with Gasteiger partial charge in [0.15, 0.2) is 11.6 Å². The van der Waals surface area contributed by atoms with Crippen LogP contribution in [0, 0.1) is 11.8 Å². The first-order chi connectivity index (χ1) is 14.8. The molecule has 0 aliphatic carbocycles. The van der Waals surface area contributed by atoms with E-state index >= 15 is 0 Å². The maximum atomic E-state index is 13.3. The predicted molar refractivity (Wildman–Crippen MR) is 112 cm³/mol. The van der Waals surface area contributed by atoms with E-state index in [4.69, 9.17) is 4.84 Å². The maximum absolute atomic E-state index is 13.3. The molecule has 3 rings (SSSR count). The Kier molecular flexibility index (Phi) is 6.77. The number of pyridine rings is 1. The number of ether oxygens (including phenoxy) is 1. The third kappa shape index (κ3) is 4.47. The van der Waals surface area contributed by atoms with Crippen molar-refractivity contribution in [3.63, 3.8) is 0 Å². The number of Topliss-reactive ketones (excluding diaryl/α,β-unsaturated/α-hetero) is 2. The third-order valence-corrected chi connectivity index (χ3v) is 5.76. The molecule has 2 aromatic rings. The normalized spacial score (nSPS) is 19.1. The number of carbonyl (C=O) groups is 3. The summed E-state index contributed by atoms with van der Waals surface area (Å²) in [5, 5.41) is 6.05. The highest BCUT2D eigenvalue weighted by Crippen LogP contribution is 2.37.